The minimum Gasteiger partial charge on any atom is -0.326 e. The summed E-state index contributed by atoms with van der Waals surface area (Å²) in [6, 6.07) is 0.482. The first-order chi connectivity index (χ1) is 7.77. The summed E-state index contributed by atoms with van der Waals surface area (Å²) in [5.74, 6) is 0.0628. The van der Waals surface area contributed by atoms with Gasteiger partial charge in [0, 0.05) is 23.7 Å². The molecule has 4 nitrogen and oxygen atoms in total. The number of carbonyl (C=O) groups excluding carboxylic acids is 1. The first kappa shape index (κ1) is 11.7. The maximum atomic E-state index is 11.7. The molecule has 0 aliphatic heterocycles. The average molecular weight is 239 g/mol. The van der Waals surface area contributed by atoms with Crippen molar-refractivity contribution in [2.45, 2.75) is 37.8 Å². The van der Waals surface area contributed by atoms with Crippen LogP contribution in [0.1, 0.15) is 35.5 Å². The van der Waals surface area contributed by atoms with Gasteiger partial charge in [-0.25, -0.2) is 4.98 Å². The highest BCUT2D eigenvalue weighted by Gasteiger charge is 2.22. The normalized spacial score (nSPS) is 25.6. The largest absolute Gasteiger partial charge is 0.326 e. The summed E-state index contributed by atoms with van der Waals surface area (Å²) >= 11 is 1.39. The van der Waals surface area contributed by atoms with Gasteiger partial charge in [0.05, 0.1) is 6.54 Å². The van der Waals surface area contributed by atoms with Gasteiger partial charge in [0.15, 0.2) is 5.01 Å². The maximum absolute atomic E-state index is 11.7. The van der Waals surface area contributed by atoms with E-state index in [9.17, 15) is 4.79 Å². The van der Waals surface area contributed by atoms with Gasteiger partial charge in [0.1, 0.15) is 0 Å². The molecule has 5 heteroatoms. The molecule has 0 aromatic carbocycles. The molecule has 1 saturated carbocycles. The van der Waals surface area contributed by atoms with Crippen LogP contribution in [0.2, 0.25) is 0 Å². The molecule has 1 heterocycles. The molecule has 0 spiro atoms. The van der Waals surface area contributed by atoms with Crippen LogP contribution in [0.25, 0.3) is 0 Å². The molecule has 1 aliphatic rings. The van der Waals surface area contributed by atoms with Crippen molar-refractivity contribution in [3.63, 3.8) is 0 Å². The Labute approximate surface area is 99.3 Å². The zero-order valence-corrected chi connectivity index (χ0v) is 10.0. The minimum absolute atomic E-state index is 0.0628. The van der Waals surface area contributed by atoms with Crippen molar-refractivity contribution in [2.24, 2.45) is 5.73 Å². The van der Waals surface area contributed by atoms with E-state index < -0.39 is 0 Å². The lowest BCUT2D eigenvalue weighted by Crippen LogP contribution is -2.48. The number of nitrogens with one attached hydrogen (secondary N) is 1. The Morgan fingerprint density at radius 2 is 2.38 bits per heavy atom. The van der Waals surface area contributed by atoms with Crippen molar-refractivity contribution in [3.8, 4) is 0 Å². The Hall–Kier alpha value is -0.780. The molecule has 1 aliphatic carbocycles. The van der Waals surface area contributed by atoms with E-state index in [0.717, 1.165) is 12.8 Å². The second kappa shape index (κ2) is 5.52. The number of carbonyl (C=O) groups is 1. The summed E-state index contributed by atoms with van der Waals surface area (Å²) in [5, 5.41) is 5.65. The molecule has 0 amide bonds. The second-order valence-electron chi connectivity index (χ2n) is 4.20. The van der Waals surface area contributed by atoms with Crippen LogP contribution in [0.3, 0.4) is 0 Å². The molecule has 0 saturated heterocycles. The third-order valence-electron chi connectivity index (χ3n) is 3.02. The van der Waals surface area contributed by atoms with E-state index in [4.69, 9.17) is 5.73 Å². The number of aromatic nitrogens is 1. The van der Waals surface area contributed by atoms with Gasteiger partial charge in [-0.05, 0) is 12.8 Å². The zero-order chi connectivity index (χ0) is 11.4. The van der Waals surface area contributed by atoms with E-state index >= 15 is 0 Å². The number of ketones is 1. The van der Waals surface area contributed by atoms with Crippen molar-refractivity contribution < 1.29 is 4.79 Å². The monoisotopic (exact) mass is 239 g/mol. The lowest BCUT2D eigenvalue weighted by molar-refractivity contribution is 0.0983. The number of nitrogens with two attached hydrogens (primary N) is 1. The molecule has 1 aromatic heterocycles. The molecule has 88 valence electrons. The van der Waals surface area contributed by atoms with Gasteiger partial charge in [0.25, 0.3) is 0 Å². The van der Waals surface area contributed by atoms with Gasteiger partial charge in [-0.15, -0.1) is 11.3 Å². The highest BCUT2D eigenvalue weighted by molar-refractivity contribution is 7.11. The quantitative estimate of drug-likeness (QED) is 0.774. The number of hydrogen-bond acceptors (Lipinski definition) is 5. The predicted octanol–water partition coefficient (Wildman–Crippen LogP) is 1.19. The maximum Gasteiger partial charge on any atom is 0.205 e. The van der Waals surface area contributed by atoms with Gasteiger partial charge in [-0.2, -0.15) is 0 Å². The van der Waals surface area contributed by atoms with Crippen molar-refractivity contribution in [3.05, 3.63) is 16.6 Å². The van der Waals surface area contributed by atoms with E-state index in [1.165, 1.54) is 24.2 Å². The summed E-state index contributed by atoms with van der Waals surface area (Å²) in [6.45, 7) is 0.353. The molecule has 0 unspecified atom stereocenters. The van der Waals surface area contributed by atoms with E-state index in [0.29, 0.717) is 11.6 Å². The van der Waals surface area contributed by atoms with Crippen LogP contribution in [0.4, 0.5) is 0 Å². The standard InChI is InChI=1S/C11H17N3OS/c12-8-3-1-2-4-9(8)14-7-10(15)11-13-5-6-16-11/h5-6,8-9,14H,1-4,7,12H2/t8-,9+/m0/s1. The Bertz CT molecular complexity index is 339. The Balaban J connectivity index is 1.80. The Kier molecular flexibility index (Phi) is 4.04. The van der Waals surface area contributed by atoms with Gasteiger partial charge < -0.3 is 11.1 Å². The highest BCUT2D eigenvalue weighted by Crippen LogP contribution is 2.16. The first-order valence-corrected chi connectivity index (χ1v) is 6.57. The average Bonchev–Trinajstić information content (AvgIpc) is 2.81. The number of thiazole rings is 1. The smallest absolute Gasteiger partial charge is 0.205 e. The Morgan fingerprint density at radius 1 is 1.56 bits per heavy atom. The third-order valence-corrected chi connectivity index (χ3v) is 3.83. The minimum atomic E-state index is 0.0628. The van der Waals surface area contributed by atoms with Crippen LogP contribution in [-0.2, 0) is 0 Å². The molecule has 2 rings (SSSR count). The lowest BCUT2D eigenvalue weighted by Gasteiger charge is -2.29. The fourth-order valence-electron chi connectivity index (χ4n) is 2.07. The van der Waals surface area contributed by atoms with Crippen LogP contribution in [0.5, 0.6) is 0 Å². The number of Topliss-reactive ketones (excluding diaryl/α,β-unsaturated/α-hetero) is 1. The summed E-state index contributed by atoms with van der Waals surface area (Å²) < 4.78 is 0. The topological polar surface area (TPSA) is 68.0 Å². The predicted molar refractivity (Wildman–Crippen MR) is 64.7 cm³/mol. The van der Waals surface area contributed by atoms with Gasteiger partial charge >= 0.3 is 0 Å². The van der Waals surface area contributed by atoms with Crippen LogP contribution in [0.15, 0.2) is 11.6 Å². The van der Waals surface area contributed by atoms with Gasteiger partial charge in [-0.1, -0.05) is 12.8 Å². The van der Waals surface area contributed by atoms with Crippen molar-refractivity contribution in [1.29, 1.82) is 0 Å². The molecule has 1 aromatic rings. The number of hydrogen-bond donors (Lipinski definition) is 2. The molecule has 0 bridgehead atoms. The zero-order valence-electron chi connectivity index (χ0n) is 9.19. The molecular formula is C11H17N3OS. The summed E-state index contributed by atoms with van der Waals surface area (Å²) in [7, 11) is 0. The Morgan fingerprint density at radius 3 is 3.06 bits per heavy atom. The van der Waals surface area contributed by atoms with Crippen molar-refractivity contribution >= 4 is 17.1 Å². The van der Waals surface area contributed by atoms with Crippen molar-refractivity contribution in [2.75, 3.05) is 6.54 Å². The lowest BCUT2D eigenvalue weighted by atomic mass is 9.91. The molecule has 16 heavy (non-hydrogen) atoms. The second-order valence-corrected chi connectivity index (χ2v) is 5.09. The van der Waals surface area contributed by atoms with Gasteiger partial charge in [-0.3, -0.25) is 4.79 Å². The van der Waals surface area contributed by atoms with E-state index in [2.05, 4.69) is 10.3 Å². The molecule has 2 atom stereocenters. The van der Waals surface area contributed by atoms with E-state index in [1.54, 1.807) is 6.20 Å². The van der Waals surface area contributed by atoms with Crippen LogP contribution >= 0.6 is 11.3 Å². The summed E-state index contributed by atoms with van der Waals surface area (Å²) in [5.41, 5.74) is 6.00. The van der Waals surface area contributed by atoms with Crippen LogP contribution in [-0.4, -0.2) is 29.4 Å². The van der Waals surface area contributed by atoms with Crippen molar-refractivity contribution in [1.82, 2.24) is 10.3 Å². The van der Waals surface area contributed by atoms with E-state index in [1.807, 2.05) is 5.38 Å². The van der Waals surface area contributed by atoms with Crippen LogP contribution < -0.4 is 11.1 Å². The highest BCUT2D eigenvalue weighted by atomic mass is 32.1. The number of rotatable bonds is 4. The molecule has 3 N–H and O–H groups in total. The molecule has 0 radical (unpaired) electrons. The van der Waals surface area contributed by atoms with Crippen LogP contribution in [0, 0.1) is 0 Å². The third kappa shape index (κ3) is 2.87. The summed E-state index contributed by atoms with van der Waals surface area (Å²) in [6.07, 6.45) is 6.20. The molecule has 1 fully saturated rings. The van der Waals surface area contributed by atoms with Gasteiger partial charge in [0.2, 0.25) is 5.78 Å². The SMILES string of the molecule is N[C@H]1CCCC[C@H]1NCC(=O)c1nccs1. The first-order valence-electron chi connectivity index (χ1n) is 5.69. The number of nitrogens with zero attached hydrogens (tertiary/aromatic N) is 1. The van der Waals surface area contributed by atoms with E-state index in [-0.39, 0.29) is 17.9 Å². The fourth-order valence-corrected chi connectivity index (χ4v) is 2.65. The molecular weight excluding hydrogens is 222 g/mol. The fraction of sp³-hybridized carbons (Fsp3) is 0.636. The summed E-state index contributed by atoms with van der Waals surface area (Å²) in [4.78, 5) is 15.7.